The highest BCUT2D eigenvalue weighted by Gasteiger charge is 2.27. The van der Waals surface area contributed by atoms with Gasteiger partial charge in [-0.15, -0.1) is 0 Å². The molecule has 1 aliphatic heterocycles. The second-order valence-corrected chi connectivity index (χ2v) is 7.07. The van der Waals surface area contributed by atoms with Crippen molar-refractivity contribution in [2.45, 2.75) is 13.0 Å². The molecule has 1 aromatic carbocycles. The van der Waals surface area contributed by atoms with E-state index < -0.39 is 10.0 Å². The van der Waals surface area contributed by atoms with Crippen LogP contribution in [0.15, 0.2) is 12.1 Å². The molecule has 0 spiro atoms. The van der Waals surface area contributed by atoms with Crippen LogP contribution in [-0.4, -0.2) is 52.8 Å². The quantitative estimate of drug-likeness (QED) is 0.833. The fourth-order valence-corrected chi connectivity index (χ4v) is 3.88. The van der Waals surface area contributed by atoms with Crippen LogP contribution in [0.1, 0.15) is 11.1 Å². The summed E-state index contributed by atoms with van der Waals surface area (Å²) in [5, 5.41) is 2.87. The maximum absolute atomic E-state index is 12.3. The lowest BCUT2D eigenvalue weighted by Crippen LogP contribution is -2.39. The van der Waals surface area contributed by atoms with E-state index in [2.05, 4.69) is 5.32 Å². The van der Waals surface area contributed by atoms with E-state index >= 15 is 0 Å². The van der Waals surface area contributed by atoms with Crippen LogP contribution in [0.2, 0.25) is 0 Å². The number of sulfonamides is 1. The zero-order chi connectivity index (χ0) is 15.5. The predicted octanol–water partition coefficient (Wildman–Crippen LogP) is 0.611. The van der Waals surface area contributed by atoms with Crippen molar-refractivity contribution in [1.82, 2.24) is 9.62 Å². The van der Waals surface area contributed by atoms with Crippen LogP contribution in [0, 0.1) is 0 Å². The minimum absolute atomic E-state index is 0.117. The van der Waals surface area contributed by atoms with E-state index in [1.54, 1.807) is 25.6 Å². The number of nitrogens with one attached hydrogen (secondary N) is 1. The summed E-state index contributed by atoms with van der Waals surface area (Å²) >= 11 is 0. The standard InChI is InChI=1S/C14H22N2O4S/c1-15-5-7-21(17,18)16-6-4-11-8-13(19-2)14(20-3)9-12(11)10-16/h8-9,15H,4-7,10H2,1-3H3. The first-order valence-corrected chi connectivity index (χ1v) is 8.49. The highest BCUT2D eigenvalue weighted by atomic mass is 32.2. The molecule has 118 valence electrons. The van der Waals surface area contributed by atoms with Gasteiger partial charge in [-0.1, -0.05) is 0 Å². The lowest BCUT2D eigenvalue weighted by molar-refractivity contribution is 0.348. The number of methoxy groups -OCH3 is 2. The molecule has 0 amide bonds. The molecule has 1 aliphatic rings. The Bertz CT molecular complexity index is 601. The molecule has 21 heavy (non-hydrogen) atoms. The maximum Gasteiger partial charge on any atom is 0.215 e. The van der Waals surface area contributed by atoms with E-state index in [0.717, 1.165) is 11.1 Å². The monoisotopic (exact) mass is 314 g/mol. The molecule has 0 radical (unpaired) electrons. The van der Waals surface area contributed by atoms with Crippen molar-refractivity contribution in [3.63, 3.8) is 0 Å². The Kier molecular flexibility index (Phi) is 5.08. The van der Waals surface area contributed by atoms with Gasteiger partial charge in [-0.3, -0.25) is 0 Å². The fourth-order valence-electron chi connectivity index (χ4n) is 2.45. The first kappa shape index (κ1) is 16.1. The Morgan fingerprint density at radius 3 is 2.38 bits per heavy atom. The van der Waals surface area contributed by atoms with E-state index in [1.165, 1.54) is 0 Å². The first-order chi connectivity index (χ1) is 10.0. The van der Waals surface area contributed by atoms with Crippen molar-refractivity contribution < 1.29 is 17.9 Å². The number of nitrogens with zero attached hydrogens (tertiary/aromatic N) is 1. The Balaban J connectivity index is 2.24. The van der Waals surface area contributed by atoms with Gasteiger partial charge in [0, 0.05) is 19.6 Å². The van der Waals surface area contributed by atoms with Crippen molar-refractivity contribution in [2.24, 2.45) is 0 Å². The van der Waals surface area contributed by atoms with Crippen LogP contribution in [0.25, 0.3) is 0 Å². The summed E-state index contributed by atoms with van der Waals surface area (Å²) in [5.41, 5.74) is 2.10. The number of benzene rings is 1. The molecule has 0 aromatic heterocycles. The summed E-state index contributed by atoms with van der Waals surface area (Å²) in [6.07, 6.45) is 0.689. The SMILES string of the molecule is CNCCS(=O)(=O)N1CCc2cc(OC)c(OC)cc2C1. The zero-order valence-electron chi connectivity index (χ0n) is 12.7. The fraction of sp³-hybridized carbons (Fsp3) is 0.571. The predicted molar refractivity (Wildman–Crippen MR) is 81.4 cm³/mol. The largest absolute Gasteiger partial charge is 0.493 e. The van der Waals surface area contributed by atoms with Crippen LogP contribution < -0.4 is 14.8 Å². The summed E-state index contributed by atoms with van der Waals surface area (Å²) in [6, 6.07) is 3.81. The molecule has 0 atom stereocenters. The minimum atomic E-state index is -3.22. The van der Waals surface area contributed by atoms with E-state index in [9.17, 15) is 8.42 Å². The second-order valence-electron chi connectivity index (χ2n) is 4.98. The molecular formula is C14H22N2O4S. The minimum Gasteiger partial charge on any atom is -0.493 e. The average molecular weight is 314 g/mol. The smallest absolute Gasteiger partial charge is 0.215 e. The van der Waals surface area contributed by atoms with Gasteiger partial charge in [0.25, 0.3) is 0 Å². The molecule has 0 bridgehead atoms. The third-order valence-electron chi connectivity index (χ3n) is 3.69. The van der Waals surface area contributed by atoms with E-state index in [0.29, 0.717) is 37.6 Å². The summed E-state index contributed by atoms with van der Waals surface area (Å²) in [7, 11) is 1.70. The highest BCUT2D eigenvalue weighted by molar-refractivity contribution is 7.89. The van der Waals surface area contributed by atoms with Gasteiger partial charge in [0.15, 0.2) is 11.5 Å². The van der Waals surface area contributed by atoms with Gasteiger partial charge < -0.3 is 14.8 Å². The molecule has 7 heteroatoms. The van der Waals surface area contributed by atoms with Crippen LogP contribution in [0.4, 0.5) is 0 Å². The van der Waals surface area contributed by atoms with Crippen molar-refractivity contribution in [1.29, 1.82) is 0 Å². The topological polar surface area (TPSA) is 67.9 Å². The van der Waals surface area contributed by atoms with E-state index in [-0.39, 0.29) is 5.75 Å². The highest BCUT2D eigenvalue weighted by Crippen LogP contribution is 2.33. The third kappa shape index (κ3) is 3.48. The van der Waals surface area contributed by atoms with Crippen LogP contribution >= 0.6 is 0 Å². The van der Waals surface area contributed by atoms with Gasteiger partial charge in [-0.25, -0.2) is 8.42 Å². The number of ether oxygens (including phenoxy) is 2. The van der Waals surface area contributed by atoms with E-state index in [4.69, 9.17) is 9.47 Å². The summed E-state index contributed by atoms with van der Waals surface area (Å²) in [6.45, 7) is 1.36. The Morgan fingerprint density at radius 1 is 1.19 bits per heavy atom. The average Bonchev–Trinajstić information content (AvgIpc) is 2.50. The van der Waals surface area contributed by atoms with Gasteiger partial charge in [-0.2, -0.15) is 4.31 Å². The summed E-state index contributed by atoms with van der Waals surface area (Å²) in [5.74, 6) is 1.43. The molecule has 0 saturated carbocycles. The molecule has 6 nitrogen and oxygen atoms in total. The number of hydrogen-bond donors (Lipinski definition) is 1. The molecule has 1 aromatic rings. The Labute approximate surface area is 126 Å². The van der Waals surface area contributed by atoms with Crippen LogP contribution in [0.3, 0.4) is 0 Å². The van der Waals surface area contributed by atoms with Crippen molar-refractivity contribution in [2.75, 3.05) is 40.1 Å². The van der Waals surface area contributed by atoms with Crippen LogP contribution in [-0.2, 0) is 23.0 Å². The van der Waals surface area contributed by atoms with Crippen molar-refractivity contribution >= 4 is 10.0 Å². The lowest BCUT2D eigenvalue weighted by Gasteiger charge is -2.28. The lowest BCUT2D eigenvalue weighted by atomic mass is 10.0. The van der Waals surface area contributed by atoms with Crippen LogP contribution in [0.5, 0.6) is 11.5 Å². The van der Waals surface area contributed by atoms with Gasteiger partial charge in [0.2, 0.25) is 10.0 Å². The molecule has 1 heterocycles. The van der Waals surface area contributed by atoms with Gasteiger partial charge in [0.1, 0.15) is 0 Å². The third-order valence-corrected chi connectivity index (χ3v) is 5.50. The van der Waals surface area contributed by atoms with Crippen molar-refractivity contribution in [3.8, 4) is 11.5 Å². The van der Waals surface area contributed by atoms with E-state index in [1.807, 2.05) is 12.1 Å². The summed E-state index contributed by atoms with van der Waals surface area (Å²) in [4.78, 5) is 0. The molecule has 0 unspecified atom stereocenters. The second kappa shape index (κ2) is 6.64. The maximum atomic E-state index is 12.3. The summed E-state index contributed by atoms with van der Waals surface area (Å²) < 4.78 is 36.6. The normalized spacial score (nSPS) is 15.6. The Morgan fingerprint density at radius 2 is 1.81 bits per heavy atom. The Hall–Kier alpha value is -1.31. The number of rotatable bonds is 6. The molecular weight excluding hydrogens is 292 g/mol. The van der Waals surface area contributed by atoms with Crippen molar-refractivity contribution in [3.05, 3.63) is 23.3 Å². The molecule has 0 saturated heterocycles. The molecule has 0 aliphatic carbocycles. The number of hydrogen-bond acceptors (Lipinski definition) is 5. The number of fused-ring (bicyclic) bond motifs is 1. The molecule has 1 N–H and O–H groups in total. The first-order valence-electron chi connectivity index (χ1n) is 6.88. The van der Waals surface area contributed by atoms with Gasteiger partial charge in [0.05, 0.1) is 20.0 Å². The van der Waals surface area contributed by atoms with Gasteiger partial charge >= 0.3 is 0 Å². The molecule has 2 rings (SSSR count). The zero-order valence-corrected chi connectivity index (χ0v) is 13.5. The van der Waals surface area contributed by atoms with Gasteiger partial charge in [-0.05, 0) is 36.7 Å². The molecule has 0 fully saturated rings.